The number of hydrogen-bond acceptors (Lipinski definition) is 3. The second kappa shape index (κ2) is 9.37. The molecule has 0 fully saturated rings. The van der Waals surface area contributed by atoms with Crippen LogP contribution in [0.5, 0.6) is 0 Å². The molecule has 3 N–H and O–H groups in total. The molecule has 0 radical (unpaired) electrons. The molecule has 1 aromatic rings. The third kappa shape index (κ3) is 7.11. The van der Waals surface area contributed by atoms with E-state index >= 15 is 0 Å². The van der Waals surface area contributed by atoms with Gasteiger partial charge in [-0.25, -0.2) is 4.79 Å². The molecule has 1 aromatic carbocycles. The number of amides is 2. The maximum Gasteiger partial charge on any atom is 0.319 e. The number of para-hydroxylation sites is 1. The normalized spacial score (nSPS) is 12.2. The van der Waals surface area contributed by atoms with Gasteiger partial charge in [-0.05, 0) is 25.3 Å². The number of ether oxygens (including phenoxy) is 1. The third-order valence-corrected chi connectivity index (χ3v) is 2.97. The Labute approximate surface area is 126 Å². The minimum absolute atomic E-state index is 0.248. The molecule has 0 aliphatic carbocycles. The number of aliphatic hydroxyl groups is 1. The lowest BCUT2D eigenvalue weighted by atomic mass is 10.1. The number of carbonyl (C=O) groups is 1. The van der Waals surface area contributed by atoms with Crippen LogP contribution >= 0.6 is 0 Å². The Kier molecular flexibility index (Phi) is 7.79. The number of benzene rings is 1. The van der Waals surface area contributed by atoms with Gasteiger partial charge in [0.15, 0.2) is 0 Å². The summed E-state index contributed by atoms with van der Waals surface area (Å²) < 4.78 is 5.37. The first-order valence-electron chi connectivity index (χ1n) is 7.41. The highest BCUT2D eigenvalue weighted by Crippen LogP contribution is 2.15. The van der Waals surface area contributed by atoms with Gasteiger partial charge in [0.2, 0.25) is 0 Å². The van der Waals surface area contributed by atoms with Crippen molar-refractivity contribution in [2.45, 2.75) is 39.9 Å². The van der Waals surface area contributed by atoms with Crippen LogP contribution in [0.25, 0.3) is 0 Å². The fourth-order valence-corrected chi connectivity index (χ4v) is 1.98. The standard InChI is InChI=1S/C16H26N2O3/c1-4-21-11-13-7-5-6-8-15(13)18-16(20)17-10-14(19)9-12(2)3/h5-8,12,14,19H,4,9-11H2,1-3H3,(H2,17,18,20). The molecule has 21 heavy (non-hydrogen) atoms. The number of nitrogens with one attached hydrogen (secondary N) is 2. The SMILES string of the molecule is CCOCc1ccccc1NC(=O)NCC(O)CC(C)C. The Bertz CT molecular complexity index is 435. The molecule has 0 aliphatic heterocycles. The second-order valence-electron chi connectivity index (χ2n) is 5.41. The second-order valence-corrected chi connectivity index (χ2v) is 5.41. The van der Waals surface area contributed by atoms with Gasteiger partial charge in [-0.1, -0.05) is 32.0 Å². The summed E-state index contributed by atoms with van der Waals surface area (Å²) in [6, 6.07) is 7.20. The third-order valence-electron chi connectivity index (χ3n) is 2.97. The molecule has 0 spiro atoms. The molecule has 0 heterocycles. The van der Waals surface area contributed by atoms with Gasteiger partial charge in [0.25, 0.3) is 0 Å². The average molecular weight is 294 g/mol. The molecule has 1 unspecified atom stereocenters. The Morgan fingerprint density at radius 3 is 2.71 bits per heavy atom. The van der Waals surface area contributed by atoms with Crippen molar-refractivity contribution < 1.29 is 14.6 Å². The van der Waals surface area contributed by atoms with Crippen molar-refractivity contribution in [3.05, 3.63) is 29.8 Å². The van der Waals surface area contributed by atoms with Crippen LogP contribution in [-0.4, -0.2) is 30.4 Å². The quantitative estimate of drug-likeness (QED) is 0.690. The Balaban J connectivity index is 2.47. The van der Waals surface area contributed by atoms with Crippen LogP contribution in [0.1, 0.15) is 32.8 Å². The highest BCUT2D eigenvalue weighted by molar-refractivity contribution is 5.90. The Hall–Kier alpha value is -1.59. The topological polar surface area (TPSA) is 70.6 Å². The van der Waals surface area contributed by atoms with Crippen LogP contribution in [-0.2, 0) is 11.3 Å². The van der Waals surface area contributed by atoms with E-state index in [1.165, 1.54) is 0 Å². The molecule has 0 saturated carbocycles. The van der Waals surface area contributed by atoms with Crippen LogP contribution in [0.4, 0.5) is 10.5 Å². The number of carbonyl (C=O) groups excluding carboxylic acids is 1. The monoisotopic (exact) mass is 294 g/mol. The summed E-state index contributed by atoms with van der Waals surface area (Å²) >= 11 is 0. The van der Waals surface area contributed by atoms with E-state index in [4.69, 9.17) is 4.74 Å². The van der Waals surface area contributed by atoms with Crippen molar-refractivity contribution in [3.63, 3.8) is 0 Å². The van der Waals surface area contributed by atoms with E-state index in [-0.39, 0.29) is 12.6 Å². The molecule has 1 atom stereocenters. The van der Waals surface area contributed by atoms with Gasteiger partial charge >= 0.3 is 6.03 Å². The predicted molar refractivity (Wildman–Crippen MR) is 84.3 cm³/mol. The molecule has 118 valence electrons. The molecular formula is C16H26N2O3. The van der Waals surface area contributed by atoms with E-state index in [1.807, 2.05) is 45.0 Å². The van der Waals surface area contributed by atoms with E-state index in [1.54, 1.807) is 0 Å². The smallest absolute Gasteiger partial charge is 0.319 e. The number of hydrogen-bond donors (Lipinski definition) is 3. The Morgan fingerprint density at radius 1 is 1.33 bits per heavy atom. The summed E-state index contributed by atoms with van der Waals surface area (Å²) in [6.07, 6.45) is 0.149. The van der Waals surface area contributed by atoms with Gasteiger partial charge in [-0.3, -0.25) is 0 Å². The van der Waals surface area contributed by atoms with Gasteiger partial charge in [0.1, 0.15) is 0 Å². The molecule has 0 saturated heterocycles. The molecular weight excluding hydrogens is 268 g/mol. The van der Waals surface area contributed by atoms with Crippen molar-refractivity contribution in [2.75, 3.05) is 18.5 Å². The Morgan fingerprint density at radius 2 is 2.05 bits per heavy atom. The fourth-order valence-electron chi connectivity index (χ4n) is 1.98. The lowest BCUT2D eigenvalue weighted by molar-refractivity contribution is 0.134. The zero-order valence-corrected chi connectivity index (χ0v) is 13.1. The van der Waals surface area contributed by atoms with Gasteiger partial charge in [-0.2, -0.15) is 0 Å². The zero-order valence-electron chi connectivity index (χ0n) is 13.1. The summed E-state index contributed by atoms with van der Waals surface area (Å²) in [5, 5.41) is 15.2. The molecule has 2 amide bonds. The molecule has 0 aromatic heterocycles. The molecule has 5 heteroatoms. The lowest BCUT2D eigenvalue weighted by Gasteiger charge is -2.15. The zero-order chi connectivity index (χ0) is 15.7. The first-order valence-corrected chi connectivity index (χ1v) is 7.41. The fraction of sp³-hybridized carbons (Fsp3) is 0.562. The van der Waals surface area contributed by atoms with Gasteiger partial charge < -0.3 is 20.5 Å². The molecule has 5 nitrogen and oxygen atoms in total. The van der Waals surface area contributed by atoms with E-state index in [0.717, 1.165) is 11.3 Å². The largest absolute Gasteiger partial charge is 0.391 e. The molecule has 1 rings (SSSR count). The highest BCUT2D eigenvalue weighted by Gasteiger charge is 2.10. The van der Waals surface area contributed by atoms with Crippen molar-refractivity contribution in [2.24, 2.45) is 5.92 Å². The summed E-state index contributed by atoms with van der Waals surface area (Å²) in [4.78, 5) is 11.9. The van der Waals surface area contributed by atoms with E-state index < -0.39 is 6.10 Å². The van der Waals surface area contributed by atoms with Crippen LogP contribution < -0.4 is 10.6 Å². The van der Waals surface area contributed by atoms with Crippen molar-refractivity contribution in [3.8, 4) is 0 Å². The van der Waals surface area contributed by atoms with Crippen LogP contribution in [0.15, 0.2) is 24.3 Å². The van der Waals surface area contributed by atoms with Crippen molar-refractivity contribution in [1.82, 2.24) is 5.32 Å². The number of rotatable bonds is 8. The first kappa shape index (κ1) is 17.5. The molecule has 0 aliphatic rings. The van der Waals surface area contributed by atoms with Gasteiger partial charge in [0, 0.05) is 24.4 Å². The van der Waals surface area contributed by atoms with E-state index in [9.17, 15) is 9.90 Å². The molecule has 0 bridgehead atoms. The number of urea groups is 1. The van der Waals surface area contributed by atoms with Crippen molar-refractivity contribution in [1.29, 1.82) is 0 Å². The predicted octanol–water partition coefficient (Wildman–Crippen LogP) is 2.75. The number of anilines is 1. The van der Waals surface area contributed by atoms with E-state index in [2.05, 4.69) is 10.6 Å². The van der Waals surface area contributed by atoms with Gasteiger partial charge in [0.05, 0.1) is 12.7 Å². The highest BCUT2D eigenvalue weighted by atomic mass is 16.5. The van der Waals surface area contributed by atoms with Crippen LogP contribution in [0.2, 0.25) is 0 Å². The average Bonchev–Trinajstić information content (AvgIpc) is 2.43. The van der Waals surface area contributed by atoms with Crippen molar-refractivity contribution >= 4 is 11.7 Å². The number of aliphatic hydroxyl groups excluding tert-OH is 1. The van der Waals surface area contributed by atoms with Crippen LogP contribution in [0.3, 0.4) is 0 Å². The first-order chi connectivity index (χ1) is 10.0. The lowest BCUT2D eigenvalue weighted by Crippen LogP contribution is -2.36. The summed E-state index contributed by atoms with van der Waals surface area (Å²) in [5.41, 5.74) is 1.65. The summed E-state index contributed by atoms with van der Waals surface area (Å²) in [5.74, 6) is 0.400. The minimum Gasteiger partial charge on any atom is -0.391 e. The van der Waals surface area contributed by atoms with Gasteiger partial charge in [-0.15, -0.1) is 0 Å². The van der Waals surface area contributed by atoms with E-state index in [0.29, 0.717) is 25.6 Å². The minimum atomic E-state index is -0.519. The maximum atomic E-state index is 11.9. The summed E-state index contributed by atoms with van der Waals surface area (Å²) in [7, 11) is 0. The maximum absolute atomic E-state index is 11.9. The summed E-state index contributed by atoms with van der Waals surface area (Å²) in [6.45, 7) is 7.34. The van der Waals surface area contributed by atoms with Crippen LogP contribution in [0, 0.1) is 5.92 Å².